The minimum absolute atomic E-state index is 0.0809. The van der Waals surface area contributed by atoms with Gasteiger partial charge in [0.05, 0.1) is 0 Å². The van der Waals surface area contributed by atoms with E-state index in [0.29, 0.717) is 11.5 Å². The van der Waals surface area contributed by atoms with Gasteiger partial charge in [0.25, 0.3) is 0 Å². The lowest BCUT2D eigenvalue weighted by Gasteiger charge is -2.09. The van der Waals surface area contributed by atoms with Crippen molar-refractivity contribution in [3.63, 3.8) is 0 Å². The van der Waals surface area contributed by atoms with Gasteiger partial charge in [-0.25, -0.2) is 9.59 Å². The van der Waals surface area contributed by atoms with Gasteiger partial charge in [-0.05, 0) is 24.3 Å². The predicted octanol–water partition coefficient (Wildman–Crippen LogP) is 1.77. The zero-order chi connectivity index (χ0) is 17.6. The molecule has 0 heterocycles. The first-order valence-corrected chi connectivity index (χ1v) is 6.75. The van der Waals surface area contributed by atoms with Gasteiger partial charge in [0.15, 0.2) is 27.2 Å². The van der Waals surface area contributed by atoms with Gasteiger partial charge in [-0.15, -0.1) is 0 Å². The second-order valence-electron chi connectivity index (χ2n) is 3.97. The fourth-order valence-electron chi connectivity index (χ4n) is 1.24. The van der Waals surface area contributed by atoms with E-state index in [9.17, 15) is 9.59 Å². The Morgan fingerprint density at radius 3 is 1.46 bits per heavy atom. The molecule has 0 atom stereocenters. The Kier molecular flexibility index (Phi) is 9.36. The predicted molar refractivity (Wildman–Crippen MR) is 81.9 cm³/mol. The molecule has 0 aliphatic heterocycles. The Balaban J connectivity index is 2.14. The van der Waals surface area contributed by atoms with Gasteiger partial charge in [-0.3, -0.25) is 0 Å². The van der Waals surface area contributed by atoms with Crippen LogP contribution in [-0.4, -0.2) is 39.1 Å². The minimum atomic E-state index is -0.571. The lowest BCUT2D eigenvalue weighted by Crippen LogP contribution is -2.10. The lowest BCUT2D eigenvalue weighted by atomic mass is 10.3. The summed E-state index contributed by atoms with van der Waals surface area (Å²) in [6, 6.07) is 6.64. The van der Waals surface area contributed by atoms with Crippen LogP contribution in [0, 0.1) is 0 Å². The standard InChI is InChI=1S/C16H18O8/c1-3-15(17)23-11-19-9-21-13-5-7-14(8-6-13)22-10-20-12-24-16(18)4-2/h3-8H,1-2,9-12H2. The molecule has 0 spiro atoms. The molecule has 1 rings (SSSR count). The summed E-state index contributed by atoms with van der Waals surface area (Å²) in [6.45, 7) is 5.89. The minimum Gasteiger partial charge on any atom is -0.467 e. The first kappa shape index (κ1) is 19.2. The molecule has 0 bridgehead atoms. The van der Waals surface area contributed by atoms with Crippen LogP contribution >= 0.6 is 0 Å². The molecule has 0 saturated heterocycles. The van der Waals surface area contributed by atoms with E-state index in [-0.39, 0.29) is 27.2 Å². The van der Waals surface area contributed by atoms with E-state index in [1.54, 1.807) is 24.3 Å². The highest BCUT2D eigenvalue weighted by molar-refractivity contribution is 5.81. The van der Waals surface area contributed by atoms with E-state index < -0.39 is 11.9 Å². The molecule has 0 amide bonds. The zero-order valence-electron chi connectivity index (χ0n) is 13.0. The topological polar surface area (TPSA) is 89.5 Å². The number of hydrogen-bond donors (Lipinski definition) is 0. The van der Waals surface area contributed by atoms with E-state index in [4.69, 9.17) is 18.9 Å². The van der Waals surface area contributed by atoms with Crippen LogP contribution in [0.25, 0.3) is 0 Å². The number of hydrogen-bond acceptors (Lipinski definition) is 8. The third-order valence-electron chi connectivity index (χ3n) is 2.34. The normalized spacial score (nSPS) is 9.67. The van der Waals surface area contributed by atoms with Crippen molar-refractivity contribution in [2.75, 3.05) is 27.2 Å². The molecule has 8 heteroatoms. The Labute approximate surface area is 139 Å². The maximum atomic E-state index is 10.7. The van der Waals surface area contributed by atoms with Gasteiger partial charge in [0, 0.05) is 12.2 Å². The Morgan fingerprint density at radius 1 is 0.750 bits per heavy atom. The van der Waals surface area contributed by atoms with Crippen LogP contribution < -0.4 is 9.47 Å². The average molecular weight is 338 g/mol. The average Bonchev–Trinajstić information content (AvgIpc) is 2.61. The van der Waals surface area contributed by atoms with Crippen molar-refractivity contribution in [1.29, 1.82) is 0 Å². The molecular weight excluding hydrogens is 320 g/mol. The van der Waals surface area contributed by atoms with Gasteiger partial charge in [-0.2, -0.15) is 0 Å². The first-order valence-electron chi connectivity index (χ1n) is 6.75. The lowest BCUT2D eigenvalue weighted by molar-refractivity contribution is -0.157. The summed E-state index contributed by atoms with van der Waals surface area (Å²) in [5.74, 6) is -0.0626. The van der Waals surface area contributed by atoms with Gasteiger partial charge in [-0.1, -0.05) is 13.2 Å². The van der Waals surface area contributed by atoms with Gasteiger partial charge in [0.2, 0.25) is 0 Å². The highest BCUT2D eigenvalue weighted by Crippen LogP contribution is 2.17. The van der Waals surface area contributed by atoms with Crippen molar-refractivity contribution in [1.82, 2.24) is 0 Å². The maximum Gasteiger partial charge on any atom is 0.332 e. The number of ether oxygens (including phenoxy) is 6. The summed E-state index contributed by atoms with van der Waals surface area (Å²) in [7, 11) is 0. The summed E-state index contributed by atoms with van der Waals surface area (Å²) < 4.78 is 29.6. The summed E-state index contributed by atoms with van der Waals surface area (Å²) in [6.07, 6.45) is 2.08. The van der Waals surface area contributed by atoms with Crippen molar-refractivity contribution in [2.24, 2.45) is 0 Å². The number of esters is 2. The van der Waals surface area contributed by atoms with Crippen LogP contribution in [0.3, 0.4) is 0 Å². The van der Waals surface area contributed by atoms with Crippen molar-refractivity contribution >= 4 is 11.9 Å². The molecule has 0 aliphatic rings. The molecule has 0 unspecified atom stereocenters. The van der Waals surface area contributed by atoms with Gasteiger partial charge in [0.1, 0.15) is 11.5 Å². The molecule has 8 nitrogen and oxygen atoms in total. The molecule has 0 saturated carbocycles. The van der Waals surface area contributed by atoms with E-state index >= 15 is 0 Å². The highest BCUT2D eigenvalue weighted by atomic mass is 16.7. The number of carbonyl (C=O) groups excluding carboxylic acids is 2. The van der Waals surface area contributed by atoms with Crippen LogP contribution in [0.2, 0.25) is 0 Å². The van der Waals surface area contributed by atoms with Crippen LogP contribution in [0.1, 0.15) is 0 Å². The first-order chi connectivity index (χ1) is 11.7. The van der Waals surface area contributed by atoms with Crippen molar-refractivity contribution in [3.05, 3.63) is 49.6 Å². The van der Waals surface area contributed by atoms with Crippen LogP contribution in [0.4, 0.5) is 0 Å². The quantitative estimate of drug-likeness (QED) is 0.246. The molecule has 130 valence electrons. The van der Waals surface area contributed by atoms with Gasteiger partial charge >= 0.3 is 11.9 Å². The summed E-state index contributed by atoms with van der Waals surface area (Å²) in [4.78, 5) is 21.5. The molecule has 1 aromatic carbocycles. The number of carbonyl (C=O) groups is 2. The summed E-state index contributed by atoms with van der Waals surface area (Å²) >= 11 is 0. The second-order valence-corrected chi connectivity index (χ2v) is 3.97. The fourth-order valence-corrected chi connectivity index (χ4v) is 1.24. The van der Waals surface area contributed by atoms with Crippen LogP contribution in [0.15, 0.2) is 49.6 Å². The Bertz CT molecular complexity index is 489. The summed E-state index contributed by atoms with van der Waals surface area (Å²) in [5, 5.41) is 0. The Morgan fingerprint density at radius 2 is 1.12 bits per heavy atom. The molecule has 0 fully saturated rings. The Hall–Kier alpha value is -2.84. The number of benzene rings is 1. The monoisotopic (exact) mass is 338 g/mol. The summed E-state index contributed by atoms with van der Waals surface area (Å²) in [5.41, 5.74) is 0. The van der Waals surface area contributed by atoms with E-state index in [0.717, 1.165) is 12.2 Å². The smallest absolute Gasteiger partial charge is 0.332 e. The SMILES string of the molecule is C=CC(=O)OCOCOc1ccc(OCOCOC(=O)C=C)cc1. The van der Waals surface area contributed by atoms with Crippen molar-refractivity contribution < 1.29 is 38.0 Å². The number of rotatable bonds is 12. The van der Waals surface area contributed by atoms with Crippen LogP contribution in [-0.2, 0) is 28.5 Å². The van der Waals surface area contributed by atoms with Crippen molar-refractivity contribution in [2.45, 2.75) is 0 Å². The van der Waals surface area contributed by atoms with E-state index in [2.05, 4.69) is 22.6 Å². The zero-order valence-corrected chi connectivity index (χ0v) is 13.0. The third kappa shape index (κ3) is 8.57. The molecular formula is C16H18O8. The highest BCUT2D eigenvalue weighted by Gasteiger charge is 1.99. The van der Waals surface area contributed by atoms with Crippen molar-refractivity contribution in [3.8, 4) is 11.5 Å². The van der Waals surface area contributed by atoms with E-state index in [1.807, 2.05) is 0 Å². The molecule has 0 aliphatic carbocycles. The largest absolute Gasteiger partial charge is 0.467 e. The molecule has 0 aromatic heterocycles. The molecule has 24 heavy (non-hydrogen) atoms. The van der Waals surface area contributed by atoms with Gasteiger partial charge < -0.3 is 28.4 Å². The fraction of sp³-hybridized carbons (Fsp3) is 0.250. The molecule has 0 radical (unpaired) electrons. The second kappa shape index (κ2) is 11.7. The van der Waals surface area contributed by atoms with E-state index in [1.165, 1.54) is 0 Å². The maximum absolute atomic E-state index is 10.7. The third-order valence-corrected chi connectivity index (χ3v) is 2.34. The molecule has 1 aromatic rings. The molecule has 0 N–H and O–H groups in total. The van der Waals surface area contributed by atoms with Crippen LogP contribution in [0.5, 0.6) is 11.5 Å².